The Morgan fingerprint density at radius 1 is 1.47 bits per heavy atom. The van der Waals surface area contributed by atoms with Crippen molar-refractivity contribution in [2.45, 2.75) is 19.9 Å². The lowest BCUT2D eigenvalue weighted by molar-refractivity contribution is 0.571. The molecule has 15 heavy (non-hydrogen) atoms. The van der Waals surface area contributed by atoms with E-state index in [2.05, 4.69) is 45.8 Å². The SMILES string of the molecule is Cc1cc(I)nn1CCc1ccnn1C. The predicted octanol–water partition coefficient (Wildman–Crippen LogP) is 1.77. The summed E-state index contributed by atoms with van der Waals surface area (Å²) < 4.78 is 4.99. The zero-order valence-electron chi connectivity index (χ0n) is 8.81. The van der Waals surface area contributed by atoms with Crippen molar-refractivity contribution in [1.29, 1.82) is 0 Å². The molecule has 0 unspecified atom stereocenters. The standard InChI is InChI=1S/C10H13IN4/c1-8-7-10(11)13-15(8)6-4-9-3-5-12-14(9)2/h3,5,7H,4,6H2,1-2H3. The molecule has 0 aliphatic carbocycles. The van der Waals surface area contributed by atoms with Gasteiger partial charge in [-0.25, -0.2) is 0 Å². The summed E-state index contributed by atoms with van der Waals surface area (Å²) in [5, 5.41) is 8.56. The fourth-order valence-electron chi connectivity index (χ4n) is 1.56. The van der Waals surface area contributed by atoms with Crippen LogP contribution in [0.1, 0.15) is 11.4 Å². The van der Waals surface area contributed by atoms with Gasteiger partial charge in [0.15, 0.2) is 0 Å². The maximum atomic E-state index is 4.41. The van der Waals surface area contributed by atoms with Crippen molar-refractivity contribution >= 4 is 22.6 Å². The summed E-state index contributed by atoms with van der Waals surface area (Å²) in [6.07, 6.45) is 2.80. The van der Waals surface area contributed by atoms with Gasteiger partial charge in [0.2, 0.25) is 0 Å². The minimum atomic E-state index is 0.911. The van der Waals surface area contributed by atoms with Gasteiger partial charge in [-0.1, -0.05) is 0 Å². The number of rotatable bonds is 3. The molecule has 2 heterocycles. The lowest BCUT2D eigenvalue weighted by atomic mass is 10.3. The minimum absolute atomic E-state index is 0.911. The summed E-state index contributed by atoms with van der Waals surface area (Å²) in [4.78, 5) is 0. The molecule has 0 aliphatic rings. The van der Waals surface area contributed by atoms with Crippen molar-refractivity contribution in [1.82, 2.24) is 19.6 Å². The fraction of sp³-hybridized carbons (Fsp3) is 0.400. The van der Waals surface area contributed by atoms with E-state index in [0.29, 0.717) is 0 Å². The first-order valence-corrected chi connectivity index (χ1v) is 5.91. The zero-order valence-corrected chi connectivity index (χ0v) is 11.0. The Morgan fingerprint density at radius 3 is 2.80 bits per heavy atom. The van der Waals surface area contributed by atoms with Gasteiger partial charge in [-0.2, -0.15) is 10.2 Å². The van der Waals surface area contributed by atoms with Crippen molar-refractivity contribution in [3.8, 4) is 0 Å². The smallest absolute Gasteiger partial charge is 0.123 e. The summed E-state index contributed by atoms with van der Waals surface area (Å²) in [5.74, 6) is 0. The highest BCUT2D eigenvalue weighted by molar-refractivity contribution is 14.1. The van der Waals surface area contributed by atoms with Crippen LogP contribution >= 0.6 is 22.6 Å². The van der Waals surface area contributed by atoms with Crippen molar-refractivity contribution in [2.75, 3.05) is 0 Å². The first-order valence-electron chi connectivity index (χ1n) is 4.83. The van der Waals surface area contributed by atoms with E-state index in [9.17, 15) is 0 Å². The molecule has 0 amide bonds. The van der Waals surface area contributed by atoms with Gasteiger partial charge in [-0.15, -0.1) is 0 Å². The van der Waals surface area contributed by atoms with Crippen LogP contribution in [-0.2, 0) is 20.0 Å². The van der Waals surface area contributed by atoms with E-state index in [-0.39, 0.29) is 0 Å². The number of aromatic nitrogens is 4. The summed E-state index contributed by atoms with van der Waals surface area (Å²) in [7, 11) is 1.97. The molecule has 0 spiro atoms. The average molecular weight is 316 g/mol. The van der Waals surface area contributed by atoms with E-state index in [0.717, 1.165) is 16.7 Å². The first kappa shape index (κ1) is 10.7. The van der Waals surface area contributed by atoms with Crippen LogP contribution in [0.3, 0.4) is 0 Å². The molecule has 5 heteroatoms. The molecule has 2 aromatic rings. The van der Waals surface area contributed by atoms with Gasteiger partial charge in [0.1, 0.15) is 3.70 Å². The van der Waals surface area contributed by atoms with E-state index in [1.807, 2.05) is 28.7 Å². The number of aryl methyl sites for hydroxylation is 4. The highest BCUT2D eigenvalue weighted by atomic mass is 127. The Hall–Kier alpha value is -0.850. The molecule has 4 nitrogen and oxygen atoms in total. The maximum absolute atomic E-state index is 4.41. The lowest BCUT2D eigenvalue weighted by Crippen LogP contribution is -2.08. The third-order valence-corrected chi connectivity index (χ3v) is 2.98. The predicted molar refractivity (Wildman–Crippen MR) is 66.6 cm³/mol. The zero-order chi connectivity index (χ0) is 10.8. The van der Waals surface area contributed by atoms with Crippen molar-refractivity contribution < 1.29 is 0 Å². The van der Waals surface area contributed by atoms with Crippen LogP contribution in [0.4, 0.5) is 0 Å². The van der Waals surface area contributed by atoms with Crippen molar-refractivity contribution in [2.24, 2.45) is 7.05 Å². The topological polar surface area (TPSA) is 35.6 Å². The molecule has 0 saturated heterocycles. The van der Waals surface area contributed by atoms with Crippen LogP contribution in [0.2, 0.25) is 0 Å². The second-order valence-corrected chi connectivity index (χ2v) is 4.63. The summed E-state index contributed by atoms with van der Waals surface area (Å²) in [6.45, 7) is 2.99. The third kappa shape index (κ3) is 2.39. The lowest BCUT2D eigenvalue weighted by Gasteiger charge is -2.04. The Kier molecular flexibility index (Phi) is 3.08. The molecule has 0 saturated carbocycles. The quantitative estimate of drug-likeness (QED) is 0.809. The number of hydrogen-bond acceptors (Lipinski definition) is 2. The number of nitrogens with zero attached hydrogens (tertiary/aromatic N) is 4. The molecule has 0 fully saturated rings. The molecule has 0 bridgehead atoms. The van der Waals surface area contributed by atoms with Crippen molar-refractivity contribution in [3.05, 3.63) is 33.4 Å². The van der Waals surface area contributed by atoms with Gasteiger partial charge in [0, 0.05) is 37.6 Å². The molecule has 0 N–H and O–H groups in total. The average Bonchev–Trinajstić information content (AvgIpc) is 2.70. The molecular formula is C10H13IN4. The second kappa shape index (κ2) is 4.34. The van der Waals surface area contributed by atoms with E-state index < -0.39 is 0 Å². The first-order chi connectivity index (χ1) is 7.16. The summed E-state index contributed by atoms with van der Waals surface area (Å²) >= 11 is 2.24. The van der Waals surface area contributed by atoms with E-state index in [1.165, 1.54) is 11.4 Å². The van der Waals surface area contributed by atoms with Crippen LogP contribution < -0.4 is 0 Å². The highest BCUT2D eigenvalue weighted by Gasteiger charge is 2.03. The molecule has 2 aromatic heterocycles. The number of hydrogen-bond donors (Lipinski definition) is 0. The van der Waals surface area contributed by atoms with Crippen LogP contribution in [0.5, 0.6) is 0 Å². The molecule has 80 valence electrons. The van der Waals surface area contributed by atoms with E-state index in [4.69, 9.17) is 0 Å². The molecule has 0 radical (unpaired) electrons. The molecule has 2 rings (SSSR count). The van der Waals surface area contributed by atoms with Crippen LogP contribution in [0.25, 0.3) is 0 Å². The van der Waals surface area contributed by atoms with Crippen LogP contribution in [0, 0.1) is 10.6 Å². The Labute approximate surface area is 102 Å². The molecule has 0 aliphatic heterocycles. The summed E-state index contributed by atoms with van der Waals surface area (Å²) in [6, 6.07) is 4.13. The van der Waals surface area contributed by atoms with E-state index >= 15 is 0 Å². The van der Waals surface area contributed by atoms with Gasteiger partial charge in [-0.3, -0.25) is 9.36 Å². The van der Waals surface area contributed by atoms with Crippen LogP contribution in [-0.4, -0.2) is 19.6 Å². The van der Waals surface area contributed by atoms with Gasteiger partial charge in [-0.05, 0) is 41.6 Å². The molecule has 0 atom stereocenters. The number of halogens is 1. The normalized spacial score (nSPS) is 10.9. The van der Waals surface area contributed by atoms with Crippen LogP contribution in [0.15, 0.2) is 18.3 Å². The van der Waals surface area contributed by atoms with E-state index in [1.54, 1.807) is 0 Å². The maximum Gasteiger partial charge on any atom is 0.123 e. The Balaban J connectivity index is 2.05. The fourth-order valence-corrected chi connectivity index (χ4v) is 2.27. The Bertz CT molecular complexity index is 458. The monoisotopic (exact) mass is 316 g/mol. The second-order valence-electron chi connectivity index (χ2n) is 3.53. The Morgan fingerprint density at radius 2 is 2.27 bits per heavy atom. The minimum Gasteiger partial charge on any atom is -0.273 e. The third-order valence-electron chi connectivity index (χ3n) is 2.45. The van der Waals surface area contributed by atoms with Crippen molar-refractivity contribution in [3.63, 3.8) is 0 Å². The highest BCUT2D eigenvalue weighted by Crippen LogP contribution is 2.07. The summed E-state index contributed by atoms with van der Waals surface area (Å²) in [5.41, 5.74) is 2.45. The van der Waals surface area contributed by atoms with Gasteiger partial charge < -0.3 is 0 Å². The van der Waals surface area contributed by atoms with Gasteiger partial charge in [0.25, 0.3) is 0 Å². The van der Waals surface area contributed by atoms with Gasteiger partial charge in [0.05, 0.1) is 0 Å². The largest absolute Gasteiger partial charge is 0.273 e. The van der Waals surface area contributed by atoms with Gasteiger partial charge >= 0.3 is 0 Å². The molecular weight excluding hydrogens is 303 g/mol. The molecule has 0 aromatic carbocycles.